The smallest absolute Gasteiger partial charge is 0.273 e. The number of aromatic nitrogens is 2. The lowest BCUT2D eigenvalue weighted by Gasteiger charge is -2.15. The Bertz CT molecular complexity index is 995. The van der Waals surface area contributed by atoms with E-state index < -0.39 is 5.91 Å². The Hall–Kier alpha value is -2.48. The van der Waals surface area contributed by atoms with Crippen molar-refractivity contribution in [3.63, 3.8) is 0 Å². The van der Waals surface area contributed by atoms with Crippen LogP contribution in [0.3, 0.4) is 0 Å². The van der Waals surface area contributed by atoms with Crippen LogP contribution < -0.4 is 5.32 Å². The van der Waals surface area contributed by atoms with Gasteiger partial charge in [0.05, 0.1) is 10.6 Å². The minimum atomic E-state index is -0.418. The zero-order chi connectivity index (χ0) is 20.1. The number of nitrogens with one attached hydrogen (secondary N) is 1. The molecule has 0 saturated carbocycles. The van der Waals surface area contributed by atoms with Crippen LogP contribution in [0, 0.1) is 0 Å². The SMILES string of the molecule is CN(CCc1ccccn1)C(=O)c1csc(NC(=O)c2ccc(Cl)cc2Cl)n1. The molecule has 0 spiro atoms. The average molecular weight is 435 g/mol. The molecular formula is C19H16Cl2N4O2S. The third kappa shape index (κ3) is 5.07. The van der Waals surface area contributed by atoms with E-state index in [1.54, 1.807) is 29.6 Å². The number of carbonyl (C=O) groups is 2. The van der Waals surface area contributed by atoms with Crippen LogP contribution in [0.4, 0.5) is 5.13 Å². The van der Waals surface area contributed by atoms with E-state index in [4.69, 9.17) is 23.2 Å². The number of pyridine rings is 1. The summed E-state index contributed by atoms with van der Waals surface area (Å²) in [6.45, 7) is 0.509. The lowest BCUT2D eigenvalue weighted by Crippen LogP contribution is -2.29. The second-order valence-electron chi connectivity index (χ2n) is 5.91. The molecule has 0 atom stereocenters. The molecule has 28 heavy (non-hydrogen) atoms. The summed E-state index contributed by atoms with van der Waals surface area (Å²) in [7, 11) is 1.70. The maximum atomic E-state index is 12.5. The number of rotatable bonds is 6. The predicted octanol–water partition coefficient (Wildman–Crippen LogP) is 4.41. The highest BCUT2D eigenvalue weighted by atomic mass is 35.5. The molecule has 0 bridgehead atoms. The number of thiazole rings is 1. The van der Waals surface area contributed by atoms with E-state index in [1.807, 2.05) is 18.2 Å². The second-order valence-corrected chi connectivity index (χ2v) is 7.62. The van der Waals surface area contributed by atoms with Gasteiger partial charge in [-0.1, -0.05) is 29.3 Å². The molecule has 2 amide bonds. The van der Waals surface area contributed by atoms with Crippen LogP contribution in [0.2, 0.25) is 10.0 Å². The summed E-state index contributed by atoms with van der Waals surface area (Å²) >= 11 is 13.1. The normalized spacial score (nSPS) is 10.5. The van der Waals surface area contributed by atoms with E-state index in [0.29, 0.717) is 23.1 Å². The van der Waals surface area contributed by atoms with Gasteiger partial charge in [0, 0.05) is 42.3 Å². The first-order valence-corrected chi connectivity index (χ1v) is 9.95. The number of halogens is 2. The van der Waals surface area contributed by atoms with Gasteiger partial charge in [-0.3, -0.25) is 19.9 Å². The molecule has 1 aromatic carbocycles. The van der Waals surface area contributed by atoms with Crippen LogP contribution in [-0.4, -0.2) is 40.3 Å². The molecule has 0 radical (unpaired) electrons. The third-order valence-electron chi connectivity index (χ3n) is 3.90. The molecule has 0 aliphatic carbocycles. The number of carbonyl (C=O) groups excluding carboxylic acids is 2. The van der Waals surface area contributed by atoms with Crippen LogP contribution in [-0.2, 0) is 6.42 Å². The summed E-state index contributed by atoms with van der Waals surface area (Å²) in [6, 6.07) is 10.3. The fourth-order valence-corrected chi connectivity index (χ4v) is 3.57. The first kappa shape index (κ1) is 20.3. The largest absolute Gasteiger partial charge is 0.340 e. The second kappa shape index (κ2) is 9.14. The Kier molecular flexibility index (Phi) is 6.61. The van der Waals surface area contributed by atoms with Gasteiger partial charge in [0.1, 0.15) is 5.69 Å². The Labute approximate surface area is 176 Å². The monoisotopic (exact) mass is 434 g/mol. The fraction of sp³-hybridized carbons (Fsp3) is 0.158. The van der Waals surface area contributed by atoms with Crippen molar-refractivity contribution < 1.29 is 9.59 Å². The van der Waals surface area contributed by atoms with Gasteiger partial charge in [-0.15, -0.1) is 11.3 Å². The lowest BCUT2D eigenvalue weighted by atomic mass is 10.2. The summed E-state index contributed by atoms with van der Waals surface area (Å²) in [5.74, 6) is -0.643. The van der Waals surface area contributed by atoms with Gasteiger partial charge >= 0.3 is 0 Å². The molecule has 2 heterocycles. The summed E-state index contributed by atoms with van der Waals surface area (Å²) in [4.78, 5) is 34.9. The quantitative estimate of drug-likeness (QED) is 0.623. The van der Waals surface area contributed by atoms with Gasteiger partial charge in [-0.2, -0.15) is 0 Å². The molecule has 9 heteroatoms. The highest BCUT2D eigenvalue weighted by Gasteiger charge is 2.18. The van der Waals surface area contributed by atoms with Gasteiger partial charge in [0.25, 0.3) is 11.8 Å². The lowest BCUT2D eigenvalue weighted by molar-refractivity contribution is 0.0791. The van der Waals surface area contributed by atoms with Crippen molar-refractivity contribution in [1.29, 1.82) is 0 Å². The number of hydrogen-bond acceptors (Lipinski definition) is 5. The molecule has 6 nitrogen and oxygen atoms in total. The zero-order valence-electron chi connectivity index (χ0n) is 14.9. The first-order valence-electron chi connectivity index (χ1n) is 8.31. The molecule has 1 N–H and O–H groups in total. The summed E-state index contributed by atoms with van der Waals surface area (Å²) < 4.78 is 0. The highest BCUT2D eigenvalue weighted by molar-refractivity contribution is 7.14. The maximum absolute atomic E-state index is 12.5. The molecule has 0 aliphatic rings. The van der Waals surface area contributed by atoms with Crippen molar-refractivity contribution >= 4 is 51.5 Å². The minimum absolute atomic E-state index is 0.225. The predicted molar refractivity (Wildman–Crippen MR) is 111 cm³/mol. The summed E-state index contributed by atoms with van der Waals surface area (Å²) in [5.41, 5.74) is 1.46. The number of anilines is 1. The minimum Gasteiger partial charge on any atom is -0.340 e. The highest BCUT2D eigenvalue weighted by Crippen LogP contribution is 2.23. The van der Waals surface area contributed by atoms with Crippen molar-refractivity contribution in [2.45, 2.75) is 6.42 Å². The number of amides is 2. The molecular weight excluding hydrogens is 419 g/mol. The molecule has 0 fully saturated rings. The van der Waals surface area contributed by atoms with Crippen molar-refractivity contribution in [2.24, 2.45) is 0 Å². The van der Waals surface area contributed by atoms with Gasteiger partial charge in [-0.05, 0) is 30.3 Å². The molecule has 144 valence electrons. The van der Waals surface area contributed by atoms with Crippen molar-refractivity contribution in [1.82, 2.24) is 14.9 Å². The summed E-state index contributed by atoms with van der Waals surface area (Å²) in [6.07, 6.45) is 2.37. The molecule has 3 rings (SSSR count). The maximum Gasteiger partial charge on any atom is 0.273 e. The standard InChI is InChI=1S/C19H16Cl2N4O2S/c1-25(9-7-13-4-2-3-8-22-13)18(27)16-11-28-19(23-16)24-17(26)14-6-5-12(20)10-15(14)21/h2-6,8,10-11H,7,9H2,1H3,(H,23,24,26). The van der Waals surface area contributed by atoms with Crippen molar-refractivity contribution in [3.05, 3.63) is 75.0 Å². The van der Waals surface area contributed by atoms with Crippen LogP contribution in [0.5, 0.6) is 0 Å². The van der Waals surface area contributed by atoms with Crippen LogP contribution in [0.1, 0.15) is 26.5 Å². The Morgan fingerprint density at radius 2 is 2.04 bits per heavy atom. The van der Waals surface area contributed by atoms with Crippen molar-refractivity contribution in [2.75, 3.05) is 18.9 Å². The summed E-state index contributed by atoms with van der Waals surface area (Å²) in [5, 5.41) is 5.26. The van der Waals surface area contributed by atoms with E-state index in [9.17, 15) is 9.59 Å². The number of likely N-dealkylation sites (N-methyl/N-ethyl adjacent to an activating group) is 1. The Morgan fingerprint density at radius 3 is 2.75 bits per heavy atom. The van der Waals surface area contributed by atoms with E-state index in [1.165, 1.54) is 23.5 Å². The number of nitrogens with zero attached hydrogens (tertiary/aromatic N) is 3. The molecule has 0 aliphatic heterocycles. The van der Waals surface area contributed by atoms with Crippen LogP contribution in [0.15, 0.2) is 48.0 Å². The molecule has 0 unspecified atom stereocenters. The van der Waals surface area contributed by atoms with E-state index in [-0.39, 0.29) is 22.2 Å². The molecule has 0 saturated heterocycles. The van der Waals surface area contributed by atoms with Gasteiger partial charge < -0.3 is 4.90 Å². The Morgan fingerprint density at radius 1 is 1.21 bits per heavy atom. The van der Waals surface area contributed by atoms with Crippen molar-refractivity contribution in [3.8, 4) is 0 Å². The number of hydrogen-bond donors (Lipinski definition) is 1. The molecule has 2 aromatic heterocycles. The van der Waals surface area contributed by atoms with E-state index >= 15 is 0 Å². The fourth-order valence-electron chi connectivity index (χ4n) is 2.39. The average Bonchev–Trinajstić information content (AvgIpc) is 3.14. The van der Waals surface area contributed by atoms with E-state index in [0.717, 1.165) is 5.69 Å². The topological polar surface area (TPSA) is 75.2 Å². The van der Waals surface area contributed by atoms with Gasteiger partial charge in [0.2, 0.25) is 0 Å². The Balaban J connectivity index is 1.61. The van der Waals surface area contributed by atoms with E-state index in [2.05, 4.69) is 15.3 Å². The molecule has 3 aromatic rings. The van der Waals surface area contributed by atoms with Crippen LogP contribution >= 0.6 is 34.5 Å². The first-order chi connectivity index (χ1) is 13.4. The van der Waals surface area contributed by atoms with Gasteiger partial charge in [-0.25, -0.2) is 4.98 Å². The number of benzene rings is 1. The third-order valence-corrected chi connectivity index (χ3v) is 5.20. The van der Waals surface area contributed by atoms with Gasteiger partial charge in [0.15, 0.2) is 5.13 Å². The van der Waals surface area contributed by atoms with Crippen LogP contribution in [0.25, 0.3) is 0 Å². The zero-order valence-corrected chi connectivity index (χ0v) is 17.2.